The van der Waals surface area contributed by atoms with E-state index in [9.17, 15) is 10.2 Å². The fraction of sp³-hybridized carbons (Fsp3) is 0.200. The molecule has 0 bridgehead atoms. The Kier molecular flexibility index (Phi) is 3.99. The van der Waals surface area contributed by atoms with Crippen LogP contribution in [-0.2, 0) is 5.41 Å². The lowest BCUT2D eigenvalue weighted by atomic mass is 9.78. The van der Waals surface area contributed by atoms with E-state index in [4.69, 9.17) is 0 Å². The van der Waals surface area contributed by atoms with E-state index in [0.717, 1.165) is 11.1 Å². The van der Waals surface area contributed by atoms with Crippen molar-refractivity contribution in [2.45, 2.75) is 19.3 Å². The van der Waals surface area contributed by atoms with Crippen LogP contribution in [0, 0.1) is 0 Å². The standard InChI is InChI=1S/C15H16O2.HO/c1-15(2,11-3-7-13(16)8-4-11)12-5-9-14(17)10-6-12;/h3-10,16-17H,1-2H3;1H. The first-order chi connectivity index (χ1) is 8.00. The highest BCUT2D eigenvalue weighted by Gasteiger charge is 2.22. The maximum absolute atomic E-state index is 9.30. The number of phenols is 2. The van der Waals surface area contributed by atoms with Gasteiger partial charge in [0.25, 0.3) is 0 Å². The highest BCUT2D eigenvalue weighted by molar-refractivity contribution is 5.41. The minimum atomic E-state index is -0.151. The van der Waals surface area contributed by atoms with Crippen molar-refractivity contribution in [3.8, 4) is 11.5 Å². The SMILES string of the molecule is CC(C)(c1ccc(O)cc1)c1ccc(O)cc1.[OH]. The average Bonchev–Trinajstić information content (AvgIpc) is 2.30. The van der Waals surface area contributed by atoms with Crippen molar-refractivity contribution in [3.63, 3.8) is 0 Å². The molecule has 0 saturated heterocycles. The second-order valence-electron chi connectivity index (χ2n) is 4.72. The third kappa shape index (κ3) is 2.63. The summed E-state index contributed by atoms with van der Waals surface area (Å²) in [4.78, 5) is 0. The molecular formula is C15H17O3. The molecule has 2 rings (SSSR count). The van der Waals surface area contributed by atoms with E-state index in [0.29, 0.717) is 0 Å². The van der Waals surface area contributed by atoms with Gasteiger partial charge in [0.15, 0.2) is 0 Å². The van der Waals surface area contributed by atoms with Crippen molar-refractivity contribution in [2.24, 2.45) is 0 Å². The zero-order valence-corrected chi connectivity index (χ0v) is 10.5. The Balaban J connectivity index is 0.00000162. The van der Waals surface area contributed by atoms with Crippen molar-refractivity contribution in [3.05, 3.63) is 59.7 Å². The van der Waals surface area contributed by atoms with Crippen molar-refractivity contribution in [1.29, 1.82) is 0 Å². The fourth-order valence-electron chi connectivity index (χ4n) is 1.92. The Morgan fingerprint density at radius 3 is 1.22 bits per heavy atom. The molecule has 2 aromatic carbocycles. The van der Waals surface area contributed by atoms with E-state index in [1.54, 1.807) is 24.3 Å². The molecule has 0 atom stereocenters. The predicted molar refractivity (Wildman–Crippen MR) is 70.3 cm³/mol. The first kappa shape index (κ1) is 14.1. The fourth-order valence-corrected chi connectivity index (χ4v) is 1.92. The van der Waals surface area contributed by atoms with E-state index in [1.165, 1.54) is 0 Å². The zero-order valence-electron chi connectivity index (χ0n) is 10.5. The van der Waals surface area contributed by atoms with Gasteiger partial charge in [-0.3, -0.25) is 5.48 Å². The van der Waals surface area contributed by atoms with Crippen LogP contribution < -0.4 is 0 Å². The summed E-state index contributed by atoms with van der Waals surface area (Å²) in [6.45, 7) is 4.23. The second-order valence-corrected chi connectivity index (χ2v) is 4.72. The summed E-state index contributed by atoms with van der Waals surface area (Å²) in [5, 5.41) is 18.6. The summed E-state index contributed by atoms with van der Waals surface area (Å²) < 4.78 is 0. The number of phenolic OH excluding ortho intramolecular Hbond substituents is 2. The Morgan fingerprint density at radius 1 is 0.667 bits per heavy atom. The summed E-state index contributed by atoms with van der Waals surface area (Å²) in [6, 6.07) is 14.4. The minimum Gasteiger partial charge on any atom is -0.508 e. The molecule has 0 aliphatic rings. The molecule has 0 spiro atoms. The van der Waals surface area contributed by atoms with E-state index in [2.05, 4.69) is 13.8 Å². The highest BCUT2D eigenvalue weighted by Crippen LogP contribution is 2.32. The van der Waals surface area contributed by atoms with Crippen LogP contribution >= 0.6 is 0 Å². The molecule has 3 heteroatoms. The topological polar surface area (TPSA) is 70.5 Å². The van der Waals surface area contributed by atoms with Gasteiger partial charge in [0.05, 0.1) is 0 Å². The molecule has 95 valence electrons. The van der Waals surface area contributed by atoms with Gasteiger partial charge in [0.1, 0.15) is 11.5 Å². The second kappa shape index (κ2) is 5.10. The average molecular weight is 245 g/mol. The Morgan fingerprint density at radius 2 is 0.944 bits per heavy atom. The highest BCUT2D eigenvalue weighted by atomic mass is 16.3. The molecule has 0 aromatic heterocycles. The summed E-state index contributed by atoms with van der Waals surface area (Å²) >= 11 is 0. The molecule has 1 radical (unpaired) electrons. The van der Waals surface area contributed by atoms with Gasteiger partial charge in [-0.1, -0.05) is 38.1 Å². The summed E-state index contributed by atoms with van der Waals surface area (Å²) in [5.41, 5.74) is 2.10. The number of benzene rings is 2. The summed E-state index contributed by atoms with van der Waals surface area (Å²) in [6.07, 6.45) is 0. The zero-order chi connectivity index (χ0) is 12.5. The number of rotatable bonds is 2. The van der Waals surface area contributed by atoms with Crippen LogP contribution in [0.4, 0.5) is 0 Å². The van der Waals surface area contributed by atoms with Crippen molar-refractivity contribution in [2.75, 3.05) is 0 Å². The first-order valence-electron chi connectivity index (χ1n) is 5.59. The smallest absolute Gasteiger partial charge is 0.115 e. The van der Waals surface area contributed by atoms with Gasteiger partial charge >= 0.3 is 0 Å². The van der Waals surface area contributed by atoms with Gasteiger partial charge in [0.2, 0.25) is 0 Å². The number of aromatic hydroxyl groups is 2. The largest absolute Gasteiger partial charge is 0.508 e. The van der Waals surface area contributed by atoms with Crippen LogP contribution in [-0.4, -0.2) is 15.7 Å². The van der Waals surface area contributed by atoms with Crippen LogP contribution in [0.25, 0.3) is 0 Å². The minimum absolute atomic E-state index is 0. The first-order valence-corrected chi connectivity index (χ1v) is 5.59. The monoisotopic (exact) mass is 245 g/mol. The third-order valence-electron chi connectivity index (χ3n) is 3.18. The van der Waals surface area contributed by atoms with Gasteiger partial charge in [0, 0.05) is 5.41 Å². The molecular weight excluding hydrogens is 228 g/mol. The van der Waals surface area contributed by atoms with E-state index >= 15 is 0 Å². The molecule has 18 heavy (non-hydrogen) atoms. The van der Waals surface area contributed by atoms with Crippen LogP contribution in [0.2, 0.25) is 0 Å². The Hall–Kier alpha value is -2.00. The summed E-state index contributed by atoms with van der Waals surface area (Å²) in [5.74, 6) is 0.547. The molecule has 3 N–H and O–H groups in total. The summed E-state index contributed by atoms with van der Waals surface area (Å²) in [7, 11) is 0. The van der Waals surface area contributed by atoms with Crippen molar-refractivity contribution >= 4 is 0 Å². The molecule has 0 saturated carbocycles. The van der Waals surface area contributed by atoms with E-state index in [-0.39, 0.29) is 22.4 Å². The van der Waals surface area contributed by atoms with Gasteiger partial charge in [-0.25, -0.2) is 0 Å². The molecule has 0 fully saturated rings. The molecule has 3 nitrogen and oxygen atoms in total. The lowest BCUT2D eigenvalue weighted by molar-refractivity contribution is 0.474. The predicted octanol–water partition coefficient (Wildman–Crippen LogP) is 3.25. The molecule has 2 aromatic rings. The normalized spacial score (nSPS) is 10.8. The van der Waals surface area contributed by atoms with Crippen molar-refractivity contribution in [1.82, 2.24) is 0 Å². The van der Waals surface area contributed by atoms with E-state index in [1.807, 2.05) is 24.3 Å². The quantitative estimate of drug-likeness (QED) is 0.760. The number of hydrogen-bond acceptors (Lipinski definition) is 2. The Labute approximate surface area is 107 Å². The molecule has 0 aliphatic heterocycles. The lowest BCUT2D eigenvalue weighted by Gasteiger charge is -2.26. The van der Waals surface area contributed by atoms with Gasteiger partial charge in [-0.2, -0.15) is 0 Å². The maximum atomic E-state index is 9.30. The van der Waals surface area contributed by atoms with Crippen LogP contribution in [0.5, 0.6) is 11.5 Å². The number of hydrogen-bond donors (Lipinski definition) is 3. The van der Waals surface area contributed by atoms with Crippen LogP contribution in [0.3, 0.4) is 0 Å². The molecule has 0 aliphatic carbocycles. The Bertz CT molecular complexity index is 451. The lowest BCUT2D eigenvalue weighted by Crippen LogP contribution is -2.18. The van der Waals surface area contributed by atoms with Crippen LogP contribution in [0.1, 0.15) is 25.0 Å². The van der Waals surface area contributed by atoms with Gasteiger partial charge in [-0.15, -0.1) is 0 Å². The maximum Gasteiger partial charge on any atom is 0.115 e. The van der Waals surface area contributed by atoms with Crippen LogP contribution in [0.15, 0.2) is 48.5 Å². The third-order valence-corrected chi connectivity index (χ3v) is 3.18. The molecule has 0 heterocycles. The van der Waals surface area contributed by atoms with Gasteiger partial charge in [-0.05, 0) is 35.4 Å². The molecule has 0 amide bonds. The van der Waals surface area contributed by atoms with Crippen molar-refractivity contribution < 1.29 is 15.7 Å². The van der Waals surface area contributed by atoms with Gasteiger partial charge < -0.3 is 10.2 Å². The molecule has 0 unspecified atom stereocenters. The van der Waals surface area contributed by atoms with E-state index < -0.39 is 0 Å².